The van der Waals surface area contributed by atoms with Gasteiger partial charge in [0, 0.05) is 23.3 Å². The van der Waals surface area contributed by atoms with Gasteiger partial charge in [-0.25, -0.2) is 4.79 Å². The second-order valence-corrected chi connectivity index (χ2v) is 8.85. The topological polar surface area (TPSA) is 91.2 Å². The predicted molar refractivity (Wildman–Crippen MR) is 127 cm³/mol. The molecule has 2 heterocycles. The van der Waals surface area contributed by atoms with Gasteiger partial charge in [0.1, 0.15) is 19.2 Å². The van der Waals surface area contributed by atoms with Gasteiger partial charge >= 0.3 is 11.8 Å². The number of carbonyl (C=O) groups excluding carboxylic acids is 2. The molecule has 3 rings (SSSR count). The number of benzene rings is 1. The summed E-state index contributed by atoms with van der Waals surface area (Å²) < 4.78 is 5.17. The van der Waals surface area contributed by atoms with Crippen molar-refractivity contribution in [3.05, 3.63) is 81.4 Å². The van der Waals surface area contributed by atoms with Crippen LogP contribution in [0.4, 0.5) is 5.69 Å². The van der Waals surface area contributed by atoms with E-state index in [1.54, 1.807) is 13.0 Å². The Labute approximate surface area is 199 Å². The average molecular weight is 456 g/mol. The number of nitriles is 1. The largest absolute Gasteiger partial charge is 0.544 e. The Morgan fingerprint density at radius 2 is 2.03 bits per heavy atom. The Balaban J connectivity index is 1.83. The minimum absolute atomic E-state index is 0.0189. The molecule has 1 N–H and O–H groups in total. The molecule has 0 spiro atoms. The van der Waals surface area contributed by atoms with Crippen molar-refractivity contribution in [1.29, 1.82) is 5.26 Å². The first-order chi connectivity index (χ1) is 16.1. The second-order valence-electron chi connectivity index (χ2n) is 8.85. The number of hydrogen-bond acceptors (Lipinski definition) is 5. The van der Waals surface area contributed by atoms with Crippen LogP contribution < -0.4 is 10.2 Å². The Hall–Kier alpha value is -4.35. The van der Waals surface area contributed by atoms with Crippen LogP contribution in [-0.4, -0.2) is 30.6 Å². The lowest BCUT2D eigenvalue weighted by Crippen LogP contribution is -2.41. The fraction of sp³-hybridized carbons (Fsp3) is 0.346. The van der Waals surface area contributed by atoms with Crippen LogP contribution in [-0.2, 0) is 20.7 Å². The van der Waals surface area contributed by atoms with Gasteiger partial charge in [0.2, 0.25) is 0 Å². The molecule has 172 valence electrons. The van der Waals surface area contributed by atoms with E-state index in [1.165, 1.54) is 0 Å². The number of anilines is 1. The quantitative estimate of drug-likeness (QED) is 0.289. The number of nitrogens with zero attached hydrogens (tertiary/aromatic N) is 4. The highest BCUT2D eigenvalue weighted by Gasteiger charge is 2.38. The third kappa shape index (κ3) is 4.56. The molecule has 0 aromatic heterocycles. The van der Waals surface area contributed by atoms with Gasteiger partial charge in [-0.2, -0.15) is 15.0 Å². The summed E-state index contributed by atoms with van der Waals surface area (Å²) in [6.07, 6.45) is 2.33. The number of ether oxygens (including phenoxy) is 1. The molecule has 0 fully saturated rings. The van der Waals surface area contributed by atoms with E-state index in [-0.39, 0.29) is 34.2 Å². The van der Waals surface area contributed by atoms with E-state index in [1.807, 2.05) is 18.2 Å². The zero-order chi connectivity index (χ0) is 25.0. The highest BCUT2D eigenvalue weighted by Crippen LogP contribution is 2.41. The number of esters is 1. The first-order valence-corrected chi connectivity index (χ1v) is 10.8. The molecule has 8 heteroatoms. The number of carbonyl (C=O) groups is 2. The maximum absolute atomic E-state index is 12.7. The van der Waals surface area contributed by atoms with Crippen molar-refractivity contribution < 1.29 is 14.3 Å². The lowest BCUT2D eigenvalue weighted by Gasteiger charge is -2.34. The van der Waals surface area contributed by atoms with Crippen molar-refractivity contribution >= 4 is 23.1 Å². The lowest BCUT2D eigenvalue weighted by molar-refractivity contribution is -0.139. The zero-order valence-corrected chi connectivity index (χ0v) is 19.5. The molecule has 0 aliphatic carbocycles. The van der Waals surface area contributed by atoms with Gasteiger partial charge in [0.25, 0.3) is 5.91 Å². The average Bonchev–Trinajstić information content (AvgIpc) is 3.25. The number of allylic oxidation sites excluding steroid dienone is 1. The van der Waals surface area contributed by atoms with Gasteiger partial charge in [0.15, 0.2) is 5.70 Å². The van der Waals surface area contributed by atoms with Gasteiger partial charge in [0.05, 0.1) is 17.8 Å². The van der Waals surface area contributed by atoms with E-state index in [2.05, 4.69) is 40.3 Å². The summed E-state index contributed by atoms with van der Waals surface area (Å²) in [4.78, 5) is 32.8. The van der Waals surface area contributed by atoms with Crippen LogP contribution in [0.5, 0.6) is 0 Å². The number of rotatable bonds is 7. The van der Waals surface area contributed by atoms with Crippen LogP contribution in [0, 0.1) is 24.5 Å². The molecule has 1 aromatic rings. The summed E-state index contributed by atoms with van der Waals surface area (Å²) in [7, 11) is 0. The molecule has 0 bridgehead atoms. The summed E-state index contributed by atoms with van der Waals surface area (Å²) in [6.45, 7) is 24.9. The molecule has 0 atom stereocenters. The van der Waals surface area contributed by atoms with Gasteiger partial charge in [-0.3, -0.25) is 4.79 Å². The van der Waals surface area contributed by atoms with Crippen molar-refractivity contribution in [2.75, 3.05) is 18.1 Å². The van der Waals surface area contributed by atoms with E-state index in [4.69, 9.17) is 17.9 Å². The SMILES string of the molecule is [C-]#[N+]C([N+]#[C-])=C1NC(=O)C(c2ccc3c(c2)CC(C)(C)N3CCCCOC(=O)C(=C)C)=C1C#N. The molecule has 0 saturated heterocycles. The predicted octanol–water partition coefficient (Wildman–Crippen LogP) is 4.14. The van der Waals surface area contributed by atoms with Crippen molar-refractivity contribution in [1.82, 2.24) is 5.32 Å². The van der Waals surface area contributed by atoms with Crippen molar-refractivity contribution in [2.45, 2.75) is 45.6 Å². The third-order valence-corrected chi connectivity index (χ3v) is 5.88. The standard InChI is InChI=1S/C26H25N5O3/c1-16(2)25(33)34-12-8-7-11-31-20-10-9-17(13-18(20)14-26(31,3)4)21-19(15-27)22(30-24(21)32)23(28-5)29-6/h9-10,13H,1,7-8,11-12,14H2,2-4H3,(H,30,32). The molecule has 0 unspecified atom stereocenters. The minimum atomic E-state index is -0.491. The molecule has 0 radical (unpaired) electrons. The van der Waals surface area contributed by atoms with E-state index >= 15 is 0 Å². The van der Waals surface area contributed by atoms with Crippen molar-refractivity contribution in [3.63, 3.8) is 0 Å². The molecule has 1 aromatic carbocycles. The fourth-order valence-electron chi connectivity index (χ4n) is 4.29. The minimum Gasteiger partial charge on any atom is -0.462 e. The third-order valence-electron chi connectivity index (χ3n) is 5.88. The van der Waals surface area contributed by atoms with E-state index in [0.29, 0.717) is 17.7 Å². The first-order valence-electron chi connectivity index (χ1n) is 10.8. The lowest BCUT2D eigenvalue weighted by atomic mass is 9.95. The van der Waals surface area contributed by atoms with Gasteiger partial charge < -0.3 is 15.0 Å². The van der Waals surface area contributed by atoms with E-state index < -0.39 is 5.91 Å². The Bertz CT molecular complexity index is 1250. The molecular weight excluding hydrogens is 430 g/mol. The monoisotopic (exact) mass is 455 g/mol. The molecular formula is C26H25N5O3. The summed E-state index contributed by atoms with van der Waals surface area (Å²) >= 11 is 0. The van der Waals surface area contributed by atoms with E-state index in [9.17, 15) is 14.9 Å². The van der Waals surface area contributed by atoms with Gasteiger partial charge in [-0.1, -0.05) is 12.6 Å². The maximum Gasteiger partial charge on any atom is 0.544 e. The summed E-state index contributed by atoms with van der Waals surface area (Å²) in [5, 5.41) is 12.2. The van der Waals surface area contributed by atoms with Crippen LogP contribution in [0.3, 0.4) is 0 Å². The van der Waals surface area contributed by atoms with Crippen LogP contribution in [0.2, 0.25) is 0 Å². The Morgan fingerprint density at radius 3 is 2.65 bits per heavy atom. The smallest absolute Gasteiger partial charge is 0.462 e. The van der Waals surface area contributed by atoms with Crippen molar-refractivity contribution in [2.24, 2.45) is 0 Å². The summed E-state index contributed by atoms with van der Waals surface area (Å²) in [5.41, 5.74) is 3.12. The number of hydrogen-bond donors (Lipinski definition) is 1. The zero-order valence-electron chi connectivity index (χ0n) is 19.5. The molecule has 8 nitrogen and oxygen atoms in total. The molecule has 2 aliphatic rings. The second kappa shape index (κ2) is 9.65. The normalized spacial score (nSPS) is 15.7. The molecule has 0 saturated carbocycles. The van der Waals surface area contributed by atoms with Gasteiger partial charge in [-0.15, -0.1) is 0 Å². The van der Waals surface area contributed by atoms with E-state index in [0.717, 1.165) is 37.1 Å². The van der Waals surface area contributed by atoms with Crippen LogP contribution in [0.1, 0.15) is 44.7 Å². The first kappa shape index (κ1) is 24.3. The number of fused-ring (bicyclic) bond motifs is 1. The molecule has 1 amide bonds. The number of amides is 1. The van der Waals surface area contributed by atoms with Crippen LogP contribution in [0.15, 0.2) is 47.4 Å². The molecule has 34 heavy (non-hydrogen) atoms. The van der Waals surface area contributed by atoms with Crippen LogP contribution in [0.25, 0.3) is 15.3 Å². The number of nitrogens with one attached hydrogen (secondary N) is 1. The van der Waals surface area contributed by atoms with Crippen molar-refractivity contribution in [3.8, 4) is 6.07 Å². The Kier molecular flexibility index (Phi) is 6.89. The van der Waals surface area contributed by atoms with Crippen LogP contribution >= 0.6 is 0 Å². The Morgan fingerprint density at radius 1 is 1.32 bits per heavy atom. The highest BCUT2D eigenvalue weighted by atomic mass is 16.5. The van der Waals surface area contributed by atoms with Gasteiger partial charge in [-0.05, 0) is 63.3 Å². The summed E-state index contributed by atoms with van der Waals surface area (Å²) in [6, 6.07) is 7.65. The maximum atomic E-state index is 12.7. The molecule has 2 aliphatic heterocycles. The summed E-state index contributed by atoms with van der Waals surface area (Å²) in [5.74, 6) is -1.20. The number of unbranched alkanes of at least 4 members (excludes halogenated alkanes) is 1. The fourth-order valence-corrected chi connectivity index (χ4v) is 4.29. The highest BCUT2D eigenvalue weighted by molar-refractivity contribution is 6.26.